The third-order valence-corrected chi connectivity index (χ3v) is 13.8. The minimum Gasteiger partial charge on any atom is -0.324 e. The quantitative estimate of drug-likeness (QED) is 0.177. The Bertz CT molecular complexity index is 629. The highest BCUT2D eigenvalue weighted by atomic mass is 15.4. The average Bonchev–Trinajstić information content (AvgIpc) is 2.78. The summed E-state index contributed by atoms with van der Waals surface area (Å²) in [5.41, 5.74) is 1.33. The Balaban J connectivity index is 0.842. The lowest BCUT2D eigenvalue weighted by molar-refractivity contribution is -0.948. The van der Waals surface area contributed by atoms with Crippen molar-refractivity contribution in [1.82, 2.24) is 0 Å². The molecular formula is C34H62N2+2. The molecule has 0 unspecified atom stereocenters. The summed E-state index contributed by atoms with van der Waals surface area (Å²) < 4.78 is 2.68. The molecule has 0 heterocycles. The summed E-state index contributed by atoms with van der Waals surface area (Å²) >= 11 is 0. The summed E-state index contributed by atoms with van der Waals surface area (Å²) in [5.74, 6) is 6.53. The predicted molar refractivity (Wildman–Crippen MR) is 153 cm³/mol. The molecule has 0 atom stereocenters. The third-order valence-electron chi connectivity index (χ3n) is 13.8. The lowest BCUT2D eigenvalue weighted by Crippen LogP contribution is -2.67. The first-order chi connectivity index (χ1) is 17.2. The second-order valence-corrected chi connectivity index (χ2v) is 16.9. The van der Waals surface area contributed by atoms with Crippen molar-refractivity contribution in [3.63, 3.8) is 0 Å². The van der Waals surface area contributed by atoms with Crippen molar-refractivity contribution in [2.45, 2.75) is 139 Å². The number of unbranched alkanes of at least 4 members (excludes halogenated alkanes) is 7. The van der Waals surface area contributed by atoms with E-state index in [9.17, 15) is 0 Å². The molecule has 2 nitrogen and oxygen atoms in total. The van der Waals surface area contributed by atoms with E-state index in [1.807, 2.05) is 0 Å². The Kier molecular flexibility index (Phi) is 7.15. The second kappa shape index (κ2) is 9.83. The van der Waals surface area contributed by atoms with Crippen LogP contribution in [0.5, 0.6) is 0 Å². The van der Waals surface area contributed by atoms with E-state index >= 15 is 0 Å². The molecule has 8 aliphatic carbocycles. The normalized spacial score (nSPS) is 43.0. The maximum atomic E-state index is 2.61. The monoisotopic (exact) mass is 498 g/mol. The Labute approximate surface area is 225 Å². The van der Waals surface area contributed by atoms with Crippen LogP contribution < -0.4 is 0 Å². The molecular weight excluding hydrogens is 436 g/mol. The molecule has 0 saturated heterocycles. The lowest BCUT2D eigenvalue weighted by Gasteiger charge is -2.62. The van der Waals surface area contributed by atoms with Crippen LogP contribution >= 0.6 is 0 Å². The zero-order valence-electron chi connectivity index (χ0n) is 24.9. The first-order valence-electron chi connectivity index (χ1n) is 16.8. The van der Waals surface area contributed by atoms with E-state index in [1.165, 1.54) is 73.4 Å². The molecule has 8 saturated carbocycles. The molecule has 206 valence electrons. The third kappa shape index (κ3) is 4.87. The van der Waals surface area contributed by atoms with E-state index in [1.54, 1.807) is 77.0 Å². The molecule has 36 heavy (non-hydrogen) atoms. The van der Waals surface area contributed by atoms with Gasteiger partial charge in [-0.15, -0.1) is 0 Å². The lowest BCUT2D eigenvalue weighted by atomic mass is 9.52. The molecule has 0 aromatic carbocycles. The number of hydrogen-bond donors (Lipinski definition) is 0. The molecule has 0 N–H and O–H groups in total. The first-order valence-corrected chi connectivity index (χ1v) is 16.8. The van der Waals surface area contributed by atoms with Crippen LogP contribution in [0.25, 0.3) is 0 Å². The van der Waals surface area contributed by atoms with Crippen LogP contribution in [0.1, 0.15) is 128 Å². The number of hydrogen-bond acceptors (Lipinski definition) is 0. The number of rotatable bonds is 13. The van der Waals surface area contributed by atoms with E-state index < -0.39 is 0 Å². The van der Waals surface area contributed by atoms with Crippen molar-refractivity contribution in [3.05, 3.63) is 0 Å². The summed E-state index contributed by atoms with van der Waals surface area (Å²) in [6.07, 6.45) is 30.7. The van der Waals surface area contributed by atoms with Crippen molar-refractivity contribution in [2.24, 2.45) is 35.5 Å². The molecule has 0 spiro atoms. The molecule has 8 bridgehead atoms. The molecule has 0 amide bonds. The highest BCUT2D eigenvalue weighted by Gasteiger charge is 2.59. The minimum absolute atomic E-state index is 0.664. The molecule has 8 fully saturated rings. The maximum absolute atomic E-state index is 2.61. The van der Waals surface area contributed by atoms with E-state index in [0.717, 1.165) is 35.5 Å². The van der Waals surface area contributed by atoms with Crippen LogP contribution in [0.15, 0.2) is 0 Å². The fourth-order valence-corrected chi connectivity index (χ4v) is 12.2. The van der Waals surface area contributed by atoms with Gasteiger partial charge in [-0.1, -0.05) is 25.7 Å². The Morgan fingerprint density at radius 2 is 0.611 bits per heavy atom. The van der Waals surface area contributed by atoms with Gasteiger partial charge < -0.3 is 8.97 Å². The second-order valence-electron chi connectivity index (χ2n) is 16.9. The summed E-state index contributed by atoms with van der Waals surface area (Å²) in [7, 11) is 10.4. The molecule has 8 aliphatic rings. The minimum atomic E-state index is 0.664. The first kappa shape index (κ1) is 26.2. The predicted octanol–water partition coefficient (Wildman–Crippen LogP) is 8.20. The molecule has 0 aromatic rings. The van der Waals surface area contributed by atoms with Gasteiger partial charge in [0.05, 0.1) is 52.4 Å². The van der Waals surface area contributed by atoms with Crippen molar-refractivity contribution in [1.29, 1.82) is 0 Å². The molecule has 0 aliphatic heterocycles. The molecule has 0 radical (unpaired) electrons. The van der Waals surface area contributed by atoms with Gasteiger partial charge in [-0.3, -0.25) is 0 Å². The summed E-state index contributed by atoms with van der Waals surface area (Å²) in [4.78, 5) is 0. The fraction of sp³-hybridized carbons (Fsp3) is 1.00. The van der Waals surface area contributed by atoms with Gasteiger partial charge in [0.2, 0.25) is 0 Å². The average molecular weight is 499 g/mol. The topological polar surface area (TPSA) is 0 Å². The van der Waals surface area contributed by atoms with Crippen LogP contribution in [-0.2, 0) is 0 Å². The SMILES string of the molecule is C[N+](C)(CCCCCCCCCC[N+](C)(C)C12CC3CC(CC(C3)C1)C2)C12CC3CC(CC(C3)C1)C2. The highest BCUT2D eigenvalue weighted by Crippen LogP contribution is 2.60. The van der Waals surface area contributed by atoms with Gasteiger partial charge in [-0.05, 0) is 99.7 Å². The van der Waals surface area contributed by atoms with E-state index in [-0.39, 0.29) is 0 Å². The van der Waals surface area contributed by atoms with E-state index in [0.29, 0.717) is 11.1 Å². The summed E-state index contributed by atoms with van der Waals surface area (Å²) in [6.45, 7) is 2.87. The van der Waals surface area contributed by atoms with Crippen LogP contribution in [0.4, 0.5) is 0 Å². The van der Waals surface area contributed by atoms with Crippen LogP contribution in [-0.4, -0.2) is 61.3 Å². The van der Waals surface area contributed by atoms with Gasteiger partial charge >= 0.3 is 0 Å². The largest absolute Gasteiger partial charge is 0.324 e. The van der Waals surface area contributed by atoms with Gasteiger partial charge in [0, 0.05) is 38.5 Å². The summed E-state index contributed by atoms with van der Waals surface area (Å²) in [5, 5.41) is 0. The van der Waals surface area contributed by atoms with Gasteiger partial charge in [0.25, 0.3) is 0 Å². The van der Waals surface area contributed by atoms with Crippen molar-refractivity contribution in [3.8, 4) is 0 Å². The van der Waals surface area contributed by atoms with Gasteiger partial charge in [-0.25, -0.2) is 0 Å². The number of quaternary nitrogens is 2. The van der Waals surface area contributed by atoms with E-state index in [2.05, 4.69) is 28.2 Å². The van der Waals surface area contributed by atoms with Crippen LogP contribution in [0.3, 0.4) is 0 Å². The Morgan fingerprint density at radius 1 is 0.389 bits per heavy atom. The summed E-state index contributed by atoms with van der Waals surface area (Å²) in [6, 6.07) is 0. The zero-order chi connectivity index (χ0) is 25.0. The number of nitrogens with zero attached hydrogens (tertiary/aromatic N) is 2. The van der Waals surface area contributed by atoms with E-state index in [4.69, 9.17) is 0 Å². The zero-order valence-corrected chi connectivity index (χ0v) is 24.9. The molecule has 2 heteroatoms. The fourth-order valence-electron chi connectivity index (χ4n) is 12.2. The van der Waals surface area contributed by atoms with Gasteiger partial charge in [0.1, 0.15) is 0 Å². The standard InChI is InChI=1S/C34H62N2/c1-35(2,33-21-27-15-28(22-33)17-29(16-27)23-33)13-11-9-7-5-6-8-10-12-14-36(3,4)34-24-30-18-31(25-34)20-32(19-30)26-34/h27-32H,5-26H2,1-4H3/q+2. The van der Waals surface area contributed by atoms with Crippen molar-refractivity contribution >= 4 is 0 Å². The van der Waals surface area contributed by atoms with Crippen LogP contribution in [0, 0.1) is 35.5 Å². The Morgan fingerprint density at radius 3 is 0.861 bits per heavy atom. The maximum Gasteiger partial charge on any atom is 0.0996 e. The molecule has 8 rings (SSSR count). The highest BCUT2D eigenvalue weighted by molar-refractivity contribution is 5.04. The van der Waals surface area contributed by atoms with Gasteiger partial charge in [0.15, 0.2) is 0 Å². The van der Waals surface area contributed by atoms with Gasteiger partial charge in [-0.2, -0.15) is 0 Å². The van der Waals surface area contributed by atoms with Crippen molar-refractivity contribution in [2.75, 3.05) is 41.3 Å². The molecule has 0 aromatic heterocycles. The van der Waals surface area contributed by atoms with Crippen molar-refractivity contribution < 1.29 is 8.97 Å². The Hall–Kier alpha value is -0.0800. The van der Waals surface area contributed by atoms with Crippen LogP contribution in [0.2, 0.25) is 0 Å². The smallest absolute Gasteiger partial charge is 0.0996 e.